The van der Waals surface area contributed by atoms with Crippen molar-refractivity contribution >= 4 is 5.57 Å². The molecular formula is C27H26. The first-order chi connectivity index (χ1) is 13.2. The molecule has 0 bridgehead atoms. The third-order valence-electron chi connectivity index (χ3n) is 5.17. The van der Waals surface area contributed by atoms with E-state index in [9.17, 15) is 0 Å². The van der Waals surface area contributed by atoms with E-state index in [1.807, 2.05) is 12.2 Å². The van der Waals surface area contributed by atoms with Gasteiger partial charge in [-0.3, -0.25) is 0 Å². The first-order valence-electron chi connectivity index (χ1n) is 9.36. The molecule has 0 fully saturated rings. The van der Waals surface area contributed by atoms with Gasteiger partial charge in [-0.1, -0.05) is 110 Å². The maximum atomic E-state index is 4.01. The molecule has 0 amide bonds. The Labute approximate surface area is 163 Å². The van der Waals surface area contributed by atoms with Gasteiger partial charge in [-0.05, 0) is 47.3 Å². The molecule has 2 aromatic carbocycles. The molecule has 0 N–H and O–H groups in total. The van der Waals surface area contributed by atoms with Gasteiger partial charge < -0.3 is 0 Å². The van der Waals surface area contributed by atoms with Gasteiger partial charge in [0.05, 0.1) is 5.41 Å². The van der Waals surface area contributed by atoms with Crippen molar-refractivity contribution in [2.45, 2.75) is 19.3 Å². The van der Waals surface area contributed by atoms with E-state index in [0.717, 1.165) is 0 Å². The van der Waals surface area contributed by atoms with Gasteiger partial charge in [0, 0.05) is 0 Å². The van der Waals surface area contributed by atoms with Crippen LogP contribution in [-0.2, 0) is 5.41 Å². The van der Waals surface area contributed by atoms with Crippen LogP contribution >= 0.6 is 0 Å². The number of hydrogen-bond acceptors (Lipinski definition) is 0. The third kappa shape index (κ3) is 2.88. The summed E-state index contributed by atoms with van der Waals surface area (Å²) in [7, 11) is 0. The van der Waals surface area contributed by atoms with Gasteiger partial charge in [0.25, 0.3) is 0 Å². The van der Waals surface area contributed by atoms with Gasteiger partial charge in [-0.2, -0.15) is 0 Å². The monoisotopic (exact) mass is 350 g/mol. The fourth-order valence-corrected chi connectivity index (χ4v) is 4.27. The van der Waals surface area contributed by atoms with Crippen molar-refractivity contribution < 1.29 is 0 Å². The van der Waals surface area contributed by atoms with Crippen LogP contribution in [0.1, 0.15) is 30.5 Å². The van der Waals surface area contributed by atoms with Crippen molar-refractivity contribution in [3.63, 3.8) is 0 Å². The first-order valence-corrected chi connectivity index (χ1v) is 9.36. The Kier molecular flexibility index (Phi) is 5.57. The van der Waals surface area contributed by atoms with Crippen LogP contribution in [-0.4, -0.2) is 0 Å². The lowest BCUT2D eigenvalue weighted by Crippen LogP contribution is -2.29. The minimum Gasteiger partial charge on any atom is -0.0991 e. The predicted molar refractivity (Wildman–Crippen MR) is 119 cm³/mol. The Morgan fingerprint density at radius 2 is 1.59 bits per heavy atom. The molecule has 0 heterocycles. The molecule has 0 saturated heterocycles. The van der Waals surface area contributed by atoms with Crippen LogP contribution in [0.4, 0.5) is 0 Å². The molecule has 0 aromatic heterocycles. The van der Waals surface area contributed by atoms with Crippen molar-refractivity contribution in [1.29, 1.82) is 0 Å². The second kappa shape index (κ2) is 8.05. The minimum atomic E-state index is -0.394. The molecule has 0 heteroatoms. The van der Waals surface area contributed by atoms with Crippen molar-refractivity contribution in [3.05, 3.63) is 138 Å². The molecule has 0 spiro atoms. The summed E-state index contributed by atoms with van der Waals surface area (Å²) in [6.07, 6.45) is 14.6. The lowest BCUT2D eigenvalue weighted by molar-refractivity contribution is 0.767. The summed E-state index contributed by atoms with van der Waals surface area (Å²) in [5.41, 5.74) is 7.12. The largest absolute Gasteiger partial charge is 0.0991 e. The number of hydrogen-bond donors (Lipinski definition) is 0. The van der Waals surface area contributed by atoms with Crippen molar-refractivity contribution in [2.24, 2.45) is 0 Å². The van der Waals surface area contributed by atoms with Crippen LogP contribution < -0.4 is 0 Å². The lowest BCUT2D eigenvalue weighted by Gasteiger charge is -2.35. The summed E-state index contributed by atoms with van der Waals surface area (Å²) in [5.74, 6) is 0. The Balaban J connectivity index is 2.55. The number of allylic oxidation sites excluding steroid dienone is 10. The molecule has 0 aliphatic heterocycles. The fraction of sp³-hybridized carbons (Fsp3) is 0.111. The highest BCUT2D eigenvalue weighted by Gasteiger charge is 2.47. The summed E-state index contributed by atoms with van der Waals surface area (Å²) in [6.45, 7) is 12.2. The van der Waals surface area contributed by atoms with Crippen LogP contribution in [0.3, 0.4) is 0 Å². The summed E-state index contributed by atoms with van der Waals surface area (Å²) in [6, 6.07) is 19.4. The molecular weight excluding hydrogens is 324 g/mol. The van der Waals surface area contributed by atoms with Crippen LogP contribution in [0.25, 0.3) is 5.57 Å². The van der Waals surface area contributed by atoms with Crippen molar-refractivity contribution in [1.82, 2.24) is 0 Å². The van der Waals surface area contributed by atoms with Gasteiger partial charge in [0.15, 0.2) is 0 Å². The summed E-state index contributed by atoms with van der Waals surface area (Å²) >= 11 is 0. The zero-order valence-electron chi connectivity index (χ0n) is 16.2. The van der Waals surface area contributed by atoms with E-state index < -0.39 is 5.41 Å². The highest BCUT2D eigenvalue weighted by molar-refractivity contribution is 5.94. The van der Waals surface area contributed by atoms with Crippen LogP contribution in [0.5, 0.6) is 0 Å². The van der Waals surface area contributed by atoms with Crippen molar-refractivity contribution in [3.8, 4) is 0 Å². The molecule has 134 valence electrons. The highest BCUT2D eigenvalue weighted by atomic mass is 14.5. The molecule has 1 unspecified atom stereocenters. The standard InChI is InChI=1S/C27H26/c1-5-14-21(15-6-2)27(22-17-10-9-11-18-22)25(16-7-3)23(8-4)24-19-12-13-20-26(24)27/h5-20H,1,3H2,2,4H3/b15-6-,21-14+,23-8-,25-16+. The highest BCUT2D eigenvalue weighted by Crippen LogP contribution is 2.57. The maximum Gasteiger partial charge on any atom is 0.0713 e. The van der Waals surface area contributed by atoms with Gasteiger partial charge in [-0.15, -0.1) is 0 Å². The van der Waals surface area contributed by atoms with Crippen LogP contribution in [0, 0.1) is 0 Å². The Morgan fingerprint density at radius 1 is 0.889 bits per heavy atom. The topological polar surface area (TPSA) is 0 Å². The SMILES string of the molecule is C=C/C=C(\C=C/C)C1(c2ccccc2)C(=C/C=C)/C(=C\C)c2ccccc21. The Morgan fingerprint density at radius 3 is 2.22 bits per heavy atom. The maximum absolute atomic E-state index is 4.01. The van der Waals surface area contributed by atoms with Crippen LogP contribution in [0.2, 0.25) is 0 Å². The second-order valence-electron chi connectivity index (χ2n) is 6.54. The molecule has 2 aromatic rings. The smallest absolute Gasteiger partial charge is 0.0713 e. The van der Waals surface area contributed by atoms with E-state index >= 15 is 0 Å². The second-order valence-corrected chi connectivity index (χ2v) is 6.54. The Bertz CT molecular complexity index is 964. The molecule has 3 rings (SSSR count). The number of rotatable bonds is 5. The molecule has 27 heavy (non-hydrogen) atoms. The third-order valence-corrected chi connectivity index (χ3v) is 5.17. The normalized spacial score (nSPS) is 22.4. The molecule has 1 aliphatic rings. The predicted octanol–water partition coefficient (Wildman–Crippen LogP) is 7.19. The van der Waals surface area contributed by atoms with Crippen molar-refractivity contribution in [2.75, 3.05) is 0 Å². The fourth-order valence-electron chi connectivity index (χ4n) is 4.27. The number of benzene rings is 2. The zero-order valence-corrected chi connectivity index (χ0v) is 16.2. The Hall–Kier alpha value is -3.12. The van der Waals surface area contributed by atoms with E-state index in [2.05, 4.69) is 112 Å². The van der Waals surface area contributed by atoms with Gasteiger partial charge >= 0.3 is 0 Å². The van der Waals surface area contributed by atoms with E-state index in [4.69, 9.17) is 0 Å². The minimum absolute atomic E-state index is 0.394. The molecule has 0 radical (unpaired) electrons. The van der Waals surface area contributed by atoms with Gasteiger partial charge in [0.2, 0.25) is 0 Å². The van der Waals surface area contributed by atoms with Gasteiger partial charge in [0.1, 0.15) is 0 Å². The summed E-state index contributed by atoms with van der Waals surface area (Å²) in [5, 5.41) is 0. The van der Waals surface area contributed by atoms with Gasteiger partial charge in [-0.25, -0.2) is 0 Å². The lowest BCUT2D eigenvalue weighted by atomic mass is 9.66. The average Bonchev–Trinajstić information content (AvgIpc) is 2.99. The molecule has 0 saturated carbocycles. The summed E-state index contributed by atoms with van der Waals surface area (Å²) in [4.78, 5) is 0. The first kappa shape index (κ1) is 18.7. The number of fused-ring (bicyclic) bond motifs is 1. The molecule has 1 atom stereocenters. The van der Waals surface area contributed by atoms with E-state index in [-0.39, 0.29) is 0 Å². The molecule has 1 aliphatic carbocycles. The van der Waals surface area contributed by atoms with E-state index in [1.54, 1.807) is 0 Å². The van der Waals surface area contributed by atoms with Crippen LogP contribution in [0.15, 0.2) is 121 Å². The zero-order chi connectivity index (χ0) is 19.3. The average molecular weight is 351 g/mol. The molecule has 0 nitrogen and oxygen atoms in total. The van der Waals surface area contributed by atoms with E-state index in [0.29, 0.717) is 0 Å². The summed E-state index contributed by atoms with van der Waals surface area (Å²) < 4.78 is 0. The quantitative estimate of drug-likeness (QED) is 0.501. The van der Waals surface area contributed by atoms with E-state index in [1.165, 1.54) is 33.4 Å².